The van der Waals surface area contributed by atoms with Crippen LogP contribution < -0.4 is 15.7 Å². The number of carbonyl (C=O) groups is 2. The Morgan fingerprint density at radius 1 is 0.912 bits per heavy atom. The van der Waals surface area contributed by atoms with Gasteiger partial charge in [0.1, 0.15) is 16.9 Å². The smallest absolute Gasteiger partial charge is 0.349 e. The Labute approximate surface area is 197 Å². The number of nitrogens with one attached hydrogen (secondary N) is 1. The normalized spacial score (nSPS) is 11.8. The Morgan fingerprint density at radius 3 is 2.26 bits per heavy atom. The van der Waals surface area contributed by atoms with Crippen molar-refractivity contribution in [2.24, 2.45) is 0 Å². The third kappa shape index (κ3) is 4.76. The molecule has 0 aliphatic heterocycles. The van der Waals surface area contributed by atoms with Crippen LogP contribution in [0.1, 0.15) is 55.9 Å². The molecule has 1 aromatic heterocycles. The van der Waals surface area contributed by atoms with E-state index in [4.69, 9.17) is 9.15 Å². The Morgan fingerprint density at radius 2 is 1.59 bits per heavy atom. The molecule has 0 bridgehead atoms. The first-order valence-electron chi connectivity index (χ1n) is 11.0. The number of ether oxygens (including phenoxy) is 1. The molecule has 6 heteroatoms. The van der Waals surface area contributed by atoms with Gasteiger partial charge in [-0.15, -0.1) is 0 Å². The van der Waals surface area contributed by atoms with Gasteiger partial charge in [-0.1, -0.05) is 48.0 Å². The fourth-order valence-electron chi connectivity index (χ4n) is 4.07. The Hall–Kier alpha value is -4.19. The summed E-state index contributed by atoms with van der Waals surface area (Å²) in [7, 11) is 0. The van der Waals surface area contributed by atoms with E-state index in [-0.39, 0.29) is 22.9 Å². The van der Waals surface area contributed by atoms with E-state index in [1.54, 1.807) is 12.1 Å². The topological polar surface area (TPSA) is 85.6 Å². The fourth-order valence-corrected chi connectivity index (χ4v) is 4.07. The second-order valence-corrected chi connectivity index (χ2v) is 8.42. The van der Waals surface area contributed by atoms with E-state index in [9.17, 15) is 14.4 Å². The van der Waals surface area contributed by atoms with Crippen LogP contribution in [0.3, 0.4) is 0 Å². The lowest BCUT2D eigenvalue weighted by Gasteiger charge is -2.14. The average Bonchev–Trinajstić information content (AvgIpc) is 2.78. The second kappa shape index (κ2) is 9.35. The van der Waals surface area contributed by atoms with Crippen molar-refractivity contribution in [1.29, 1.82) is 0 Å². The lowest BCUT2D eigenvalue weighted by Crippen LogP contribution is -2.30. The molecule has 1 atom stereocenters. The number of hydrogen-bond donors (Lipinski definition) is 1. The first-order chi connectivity index (χ1) is 16.2. The zero-order chi connectivity index (χ0) is 24.4. The van der Waals surface area contributed by atoms with Gasteiger partial charge in [0.15, 0.2) is 0 Å². The Kier molecular flexibility index (Phi) is 6.32. The molecule has 0 saturated heterocycles. The number of rotatable bonds is 5. The van der Waals surface area contributed by atoms with Crippen LogP contribution in [-0.4, -0.2) is 11.9 Å². The highest BCUT2D eigenvalue weighted by molar-refractivity contribution is 5.97. The maximum atomic E-state index is 12.8. The summed E-state index contributed by atoms with van der Waals surface area (Å²) < 4.78 is 10.9. The van der Waals surface area contributed by atoms with Crippen molar-refractivity contribution in [3.63, 3.8) is 0 Å². The molecule has 1 heterocycles. The number of benzene rings is 3. The van der Waals surface area contributed by atoms with Crippen molar-refractivity contribution in [3.05, 3.63) is 111 Å². The maximum Gasteiger partial charge on any atom is 0.349 e. The molecule has 0 spiro atoms. The second-order valence-electron chi connectivity index (χ2n) is 8.42. The summed E-state index contributed by atoms with van der Waals surface area (Å²) in [5.41, 5.74) is 3.52. The minimum absolute atomic E-state index is 0.0917. The van der Waals surface area contributed by atoms with Crippen LogP contribution in [-0.2, 0) is 0 Å². The number of carbonyl (C=O) groups excluding carboxylic acids is 2. The molecule has 172 valence electrons. The van der Waals surface area contributed by atoms with Crippen LogP contribution in [0.4, 0.5) is 0 Å². The lowest BCUT2D eigenvalue weighted by molar-refractivity contribution is 0.0733. The summed E-state index contributed by atoms with van der Waals surface area (Å²) in [5, 5.41) is 3.36. The summed E-state index contributed by atoms with van der Waals surface area (Å²) >= 11 is 0. The van der Waals surface area contributed by atoms with Crippen molar-refractivity contribution in [2.45, 2.75) is 33.7 Å². The minimum Gasteiger partial charge on any atom is -0.423 e. The largest absolute Gasteiger partial charge is 0.423 e. The molecule has 0 saturated carbocycles. The molecular weight excluding hydrogens is 430 g/mol. The lowest BCUT2D eigenvalue weighted by atomic mass is 10.00. The third-order valence-electron chi connectivity index (χ3n) is 5.69. The van der Waals surface area contributed by atoms with E-state index in [0.29, 0.717) is 10.9 Å². The summed E-state index contributed by atoms with van der Waals surface area (Å²) in [6.45, 7) is 7.54. The van der Waals surface area contributed by atoms with Gasteiger partial charge in [0.2, 0.25) is 0 Å². The first kappa shape index (κ1) is 23.0. The van der Waals surface area contributed by atoms with E-state index >= 15 is 0 Å². The van der Waals surface area contributed by atoms with E-state index < -0.39 is 17.5 Å². The highest BCUT2D eigenvalue weighted by Gasteiger charge is 2.19. The van der Waals surface area contributed by atoms with Gasteiger partial charge in [0.25, 0.3) is 5.91 Å². The van der Waals surface area contributed by atoms with E-state index in [0.717, 1.165) is 22.3 Å². The molecule has 4 rings (SSSR count). The Bertz CT molecular complexity index is 1430. The van der Waals surface area contributed by atoms with Gasteiger partial charge < -0.3 is 14.5 Å². The molecule has 6 nitrogen and oxygen atoms in total. The fraction of sp³-hybridized carbons (Fsp3) is 0.179. The summed E-state index contributed by atoms with van der Waals surface area (Å²) in [6, 6.07) is 19.2. The molecule has 0 aliphatic rings. The average molecular weight is 456 g/mol. The van der Waals surface area contributed by atoms with Crippen LogP contribution in [0.25, 0.3) is 11.0 Å². The maximum absolute atomic E-state index is 12.8. The summed E-state index contributed by atoms with van der Waals surface area (Å²) in [4.78, 5) is 38.0. The van der Waals surface area contributed by atoms with Crippen molar-refractivity contribution < 1.29 is 18.7 Å². The molecule has 1 N–H and O–H groups in total. The van der Waals surface area contributed by atoms with Gasteiger partial charge in [-0.2, -0.15) is 0 Å². The molecule has 4 aromatic rings. The van der Waals surface area contributed by atoms with Crippen molar-refractivity contribution >= 4 is 22.8 Å². The van der Waals surface area contributed by atoms with Gasteiger partial charge in [-0.05, 0) is 62.6 Å². The van der Waals surface area contributed by atoms with E-state index in [1.807, 2.05) is 70.2 Å². The van der Waals surface area contributed by atoms with Crippen LogP contribution in [0, 0.1) is 20.8 Å². The molecule has 0 aliphatic carbocycles. The van der Waals surface area contributed by atoms with E-state index in [1.165, 1.54) is 12.1 Å². The number of hydrogen-bond acceptors (Lipinski definition) is 5. The number of aryl methyl sites for hydroxylation is 3. The molecule has 1 amide bonds. The molecule has 0 radical (unpaired) electrons. The van der Waals surface area contributed by atoms with Crippen LogP contribution >= 0.6 is 0 Å². The van der Waals surface area contributed by atoms with Crippen LogP contribution in [0.5, 0.6) is 5.75 Å². The van der Waals surface area contributed by atoms with Crippen molar-refractivity contribution in [2.75, 3.05) is 0 Å². The molecular formula is C28H25NO5. The molecule has 1 unspecified atom stereocenters. The van der Waals surface area contributed by atoms with Gasteiger partial charge in [0, 0.05) is 11.5 Å². The Balaban J connectivity index is 1.56. The number of esters is 1. The third-order valence-corrected chi connectivity index (χ3v) is 5.69. The summed E-state index contributed by atoms with van der Waals surface area (Å²) in [6.07, 6.45) is 0. The minimum atomic E-state index is -0.765. The molecule has 34 heavy (non-hydrogen) atoms. The molecule has 3 aromatic carbocycles. The highest BCUT2D eigenvalue weighted by atomic mass is 16.5. The van der Waals surface area contributed by atoms with Crippen molar-refractivity contribution in [1.82, 2.24) is 5.32 Å². The number of fused-ring (bicyclic) bond motifs is 1. The zero-order valence-corrected chi connectivity index (χ0v) is 19.5. The molecule has 0 fully saturated rings. The van der Waals surface area contributed by atoms with Crippen molar-refractivity contribution in [3.8, 4) is 5.75 Å². The SMILES string of the molecule is Cc1cc(C)c(C(=O)Oc2ccc3cc(C(=O)NC(C)c4ccccc4)c(=O)oc3c2)c(C)c1. The monoisotopic (exact) mass is 455 g/mol. The standard InChI is InChI=1S/C28H25NO5/c1-16-12-17(2)25(18(3)13-16)28(32)33-22-11-10-21-14-23(27(31)34-24(21)15-22)26(30)29-19(4)20-8-6-5-7-9-20/h5-15,19H,1-4H3,(H,29,30). The van der Waals surface area contributed by atoms with Gasteiger partial charge in [-0.3, -0.25) is 4.79 Å². The highest BCUT2D eigenvalue weighted by Crippen LogP contribution is 2.24. The van der Waals surface area contributed by atoms with Gasteiger partial charge in [0.05, 0.1) is 11.6 Å². The van der Waals surface area contributed by atoms with Gasteiger partial charge in [-0.25, -0.2) is 9.59 Å². The number of amides is 1. The van der Waals surface area contributed by atoms with E-state index in [2.05, 4.69) is 5.32 Å². The van der Waals surface area contributed by atoms with Gasteiger partial charge >= 0.3 is 11.6 Å². The quantitative estimate of drug-likeness (QED) is 0.246. The zero-order valence-electron chi connectivity index (χ0n) is 19.5. The summed E-state index contributed by atoms with van der Waals surface area (Å²) in [5.74, 6) is -0.759. The van der Waals surface area contributed by atoms with Crippen LogP contribution in [0.15, 0.2) is 75.9 Å². The predicted octanol–water partition coefficient (Wildman–Crippen LogP) is 5.43. The van der Waals surface area contributed by atoms with Crippen LogP contribution in [0.2, 0.25) is 0 Å². The predicted molar refractivity (Wildman–Crippen MR) is 130 cm³/mol. The first-order valence-corrected chi connectivity index (χ1v) is 11.0.